The lowest BCUT2D eigenvalue weighted by Gasteiger charge is -2.37. The molecule has 2 unspecified atom stereocenters. The molecule has 19 heavy (non-hydrogen) atoms. The Bertz CT molecular complexity index is 266. The highest BCUT2D eigenvalue weighted by Crippen LogP contribution is 2.31. The van der Waals surface area contributed by atoms with E-state index in [1.165, 1.54) is 77.3 Å². The fourth-order valence-electron chi connectivity index (χ4n) is 4.71. The molecule has 0 spiro atoms. The first-order chi connectivity index (χ1) is 9.34. The van der Waals surface area contributed by atoms with Crippen molar-refractivity contribution in [2.24, 2.45) is 5.92 Å². The van der Waals surface area contributed by atoms with Crippen LogP contribution in [0, 0.1) is 5.92 Å². The molecule has 2 aliphatic carbocycles. The van der Waals surface area contributed by atoms with E-state index in [-0.39, 0.29) is 0 Å². The first kappa shape index (κ1) is 13.9. The van der Waals surface area contributed by atoms with Crippen LogP contribution >= 0.6 is 0 Å². The largest absolute Gasteiger partial charge is 0.312 e. The summed E-state index contributed by atoms with van der Waals surface area (Å²) in [4.78, 5) is 2.88. The van der Waals surface area contributed by atoms with E-state index in [0.29, 0.717) is 0 Å². The van der Waals surface area contributed by atoms with Crippen molar-refractivity contribution in [1.29, 1.82) is 0 Å². The Hall–Kier alpha value is -0.0800. The van der Waals surface area contributed by atoms with Crippen molar-refractivity contribution in [2.45, 2.75) is 89.3 Å². The van der Waals surface area contributed by atoms with Crippen LogP contribution in [-0.2, 0) is 0 Å². The highest BCUT2D eigenvalue weighted by molar-refractivity contribution is 4.90. The summed E-state index contributed by atoms with van der Waals surface area (Å²) in [6.45, 7) is 5.03. The molecule has 0 radical (unpaired) electrons. The van der Waals surface area contributed by atoms with Crippen LogP contribution in [0.5, 0.6) is 0 Å². The molecule has 3 rings (SSSR count). The van der Waals surface area contributed by atoms with E-state index in [1.807, 2.05) is 0 Å². The van der Waals surface area contributed by atoms with Crippen LogP contribution in [-0.4, -0.2) is 36.1 Å². The summed E-state index contributed by atoms with van der Waals surface area (Å²) >= 11 is 0. The van der Waals surface area contributed by atoms with Gasteiger partial charge in [-0.05, 0) is 51.5 Å². The lowest BCUT2D eigenvalue weighted by Crippen LogP contribution is -2.48. The second-order valence-electron chi connectivity index (χ2n) is 7.23. The number of rotatable bonds is 2. The van der Waals surface area contributed by atoms with E-state index in [1.54, 1.807) is 0 Å². The van der Waals surface area contributed by atoms with Gasteiger partial charge in [0.15, 0.2) is 0 Å². The normalized spacial score (nSPS) is 36.5. The molecule has 1 aliphatic heterocycles. The zero-order valence-corrected chi connectivity index (χ0v) is 12.7. The van der Waals surface area contributed by atoms with E-state index >= 15 is 0 Å². The van der Waals surface area contributed by atoms with Gasteiger partial charge >= 0.3 is 0 Å². The molecule has 0 aromatic heterocycles. The summed E-state index contributed by atoms with van der Waals surface area (Å²) in [6.07, 6.45) is 14.6. The summed E-state index contributed by atoms with van der Waals surface area (Å²) in [5.74, 6) is 0.961. The van der Waals surface area contributed by atoms with Gasteiger partial charge < -0.3 is 5.32 Å². The number of hydrogen-bond donors (Lipinski definition) is 1. The smallest absolute Gasteiger partial charge is 0.0223 e. The topological polar surface area (TPSA) is 15.3 Å². The number of hydrogen-bond acceptors (Lipinski definition) is 2. The van der Waals surface area contributed by atoms with Gasteiger partial charge in [-0.1, -0.05) is 32.1 Å². The van der Waals surface area contributed by atoms with Crippen molar-refractivity contribution in [3.8, 4) is 0 Å². The Labute approximate surface area is 119 Å². The van der Waals surface area contributed by atoms with Crippen LogP contribution in [0.15, 0.2) is 0 Å². The zero-order chi connectivity index (χ0) is 13.1. The van der Waals surface area contributed by atoms with Crippen molar-refractivity contribution in [1.82, 2.24) is 10.2 Å². The molecule has 2 saturated carbocycles. The molecule has 2 nitrogen and oxygen atoms in total. The molecule has 110 valence electrons. The van der Waals surface area contributed by atoms with Crippen LogP contribution in [0.1, 0.15) is 71.1 Å². The van der Waals surface area contributed by atoms with Crippen molar-refractivity contribution in [3.05, 3.63) is 0 Å². The molecule has 1 N–H and O–H groups in total. The zero-order valence-electron chi connectivity index (χ0n) is 12.7. The van der Waals surface area contributed by atoms with Gasteiger partial charge in [0.05, 0.1) is 0 Å². The molecule has 0 amide bonds. The summed E-state index contributed by atoms with van der Waals surface area (Å²) in [5.41, 5.74) is 0. The fraction of sp³-hybridized carbons (Fsp3) is 1.00. The average molecular weight is 264 g/mol. The minimum atomic E-state index is 0.783. The molecule has 0 bridgehead atoms. The average Bonchev–Trinajstić information content (AvgIpc) is 2.90. The van der Waals surface area contributed by atoms with Gasteiger partial charge in [0.1, 0.15) is 0 Å². The third-order valence-corrected chi connectivity index (χ3v) is 5.95. The van der Waals surface area contributed by atoms with Gasteiger partial charge in [0.2, 0.25) is 0 Å². The minimum Gasteiger partial charge on any atom is -0.312 e. The maximum absolute atomic E-state index is 3.89. The molecule has 2 heteroatoms. The highest BCUT2D eigenvalue weighted by atomic mass is 15.2. The summed E-state index contributed by atoms with van der Waals surface area (Å²) in [6, 6.07) is 2.48. The van der Waals surface area contributed by atoms with Crippen LogP contribution in [0.3, 0.4) is 0 Å². The van der Waals surface area contributed by atoms with Crippen LogP contribution < -0.4 is 5.32 Å². The SMILES string of the molecule is CC1CCNC(C2CCCCC2)CN1C1CCCC1. The van der Waals surface area contributed by atoms with Crippen molar-refractivity contribution >= 4 is 0 Å². The fourth-order valence-corrected chi connectivity index (χ4v) is 4.71. The predicted octanol–water partition coefficient (Wildman–Crippen LogP) is 3.56. The number of nitrogens with one attached hydrogen (secondary N) is 1. The molecular formula is C17H32N2. The second-order valence-corrected chi connectivity index (χ2v) is 7.23. The maximum Gasteiger partial charge on any atom is 0.0223 e. The van der Waals surface area contributed by atoms with Gasteiger partial charge in [-0.3, -0.25) is 4.90 Å². The molecule has 2 atom stereocenters. The molecule has 3 aliphatic rings. The molecule has 0 aromatic rings. The lowest BCUT2D eigenvalue weighted by atomic mass is 9.83. The Morgan fingerprint density at radius 2 is 1.53 bits per heavy atom. The van der Waals surface area contributed by atoms with E-state index in [0.717, 1.165) is 24.0 Å². The first-order valence-corrected chi connectivity index (χ1v) is 8.84. The van der Waals surface area contributed by atoms with Gasteiger partial charge in [-0.2, -0.15) is 0 Å². The summed E-state index contributed by atoms with van der Waals surface area (Å²) < 4.78 is 0. The molecule has 0 aromatic carbocycles. The van der Waals surface area contributed by atoms with Crippen molar-refractivity contribution in [2.75, 3.05) is 13.1 Å². The quantitative estimate of drug-likeness (QED) is 0.820. The summed E-state index contributed by atoms with van der Waals surface area (Å²) in [7, 11) is 0. The van der Waals surface area contributed by atoms with Crippen molar-refractivity contribution < 1.29 is 0 Å². The molecule has 1 heterocycles. The lowest BCUT2D eigenvalue weighted by molar-refractivity contribution is 0.123. The highest BCUT2D eigenvalue weighted by Gasteiger charge is 2.33. The monoisotopic (exact) mass is 264 g/mol. The van der Waals surface area contributed by atoms with Gasteiger partial charge in [-0.15, -0.1) is 0 Å². The Morgan fingerprint density at radius 1 is 0.842 bits per heavy atom. The van der Waals surface area contributed by atoms with Gasteiger partial charge in [0, 0.05) is 24.7 Å². The standard InChI is InChI=1S/C17H32N2/c1-14-11-12-18-17(15-7-3-2-4-8-15)13-19(14)16-9-5-6-10-16/h14-18H,2-13H2,1H3. The summed E-state index contributed by atoms with van der Waals surface area (Å²) in [5, 5.41) is 3.89. The van der Waals surface area contributed by atoms with Crippen LogP contribution in [0.25, 0.3) is 0 Å². The molecular weight excluding hydrogens is 232 g/mol. The van der Waals surface area contributed by atoms with Crippen molar-refractivity contribution in [3.63, 3.8) is 0 Å². The number of nitrogens with zero attached hydrogens (tertiary/aromatic N) is 1. The van der Waals surface area contributed by atoms with E-state index in [2.05, 4.69) is 17.1 Å². The Morgan fingerprint density at radius 3 is 2.26 bits per heavy atom. The van der Waals surface area contributed by atoms with Crippen LogP contribution in [0.4, 0.5) is 0 Å². The first-order valence-electron chi connectivity index (χ1n) is 8.84. The molecule has 1 saturated heterocycles. The van der Waals surface area contributed by atoms with Gasteiger partial charge in [0.25, 0.3) is 0 Å². The third kappa shape index (κ3) is 3.33. The van der Waals surface area contributed by atoms with Crippen LogP contribution in [0.2, 0.25) is 0 Å². The third-order valence-electron chi connectivity index (χ3n) is 5.95. The van der Waals surface area contributed by atoms with E-state index in [4.69, 9.17) is 0 Å². The second kappa shape index (κ2) is 6.58. The van der Waals surface area contributed by atoms with E-state index < -0.39 is 0 Å². The minimum absolute atomic E-state index is 0.783. The van der Waals surface area contributed by atoms with Gasteiger partial charge in [-0.25, -0.2) is 0 Å². The Kier molecular flexibility index (Phi) is 4.81. The van der Waals surface area contributed by atoms with E-state index in [9.17, 15) is 0 Å². The predicted molar refractivity (Wildman–Crippen MR) is 81.4 cm³/mol. The maximum atomic E-state index is 3.89. The molecule has 3 fully saturated rings. The Balaban J connectivity index is 1.64.